The van der Waals surface area contributed by atoms with Crippen molar-refractivity contribution < 1.29 is 21.7 Å². The van der Waals surface area contributed by atoms with Crippen LogP contribution in [0.3, 0.4) is 0 Å². The van der Waals surface area contributed by atoms with Gasteiger partial charge in [-0.05, 0) is 66.9 Å². The Morgan fingerprint density at radius 2 is 1.00 bits per heavy atom. The Balaban J connectivity index is 0.00000272. The molecule has 0 N–H and O–H groups in total. The van der Waals surface area contributed by atoms with Crippen LogP contribution in [0.15, 0.2) is 115 Å². The van der Waals surface area contributed by atoms with Gasteiger partial charge < -0.3 is 21.7 Å². The van der Waals surface area contributed by atoms with Gasteiger partial charge in [-0.25, -0.2) is 0 Å². The van der Waals surface area contributed by atoms with Crippen LogP contribution in [0.5, 0.6) is 5.75 Å². The summed E-state index contributed by atoms with van der Waals surface area (Å²) in [5, 5.41) is 4.37. The fourth-order valence-electron chi connectivity index (χ4n) is 4.19. The van der Waals surface area contributed by atoms with Gasteiger partial charge in [0.25, 0.3) is 0 Å². The van der Waals surface area contributed by atoms with Gasteiger partial charge in [0, 0.05) is 0 Å². The summed E-state index contributed by atoms with van der Waals surface area (Å²) in [5.41, 5.74) is 1.36. The monoisotopic (exact) mass is 490 g/mol. The van der Waals surface area contributed by atoms with E-state index in [2.05, 4.69) is 115 Å². The molecule has 4 aromatic rings. The van der Waals surface area contributed by atoms with Crippen molar-refractivity contribution in [1.29, 1.82) is 0 Å². The Bertz CT molecular complexity index is 938. The predicted molar refractivity (Wildman–Crippen MR) is 131 cm³/mol. The lowest BCUT2D eigenvalue weighted by Crippen LogP contribution is -3.00. The zero-order valence-electron chi connectivity index (χ0n) is 17.8. The van der Waals surface area contributed by atoms with Gasteiger partial charge in [0.15, 0.2) is 0 Å². The lowest BCUT2D eigenvalue weighted by molar-refractivity contribution is -0.00000617. The van der Waals surface area contributed by atoms with Crippen LogP contribution in [-0.2, 0) is 6.42 Å². The number of benzene rings is 4. The zero-order chi connectivity index (χ0) is 20.7. The lowest BCUT2D eigenvalue weighted by atomic mass is 10.1. The molecule has 1 nitrogen and oxygen atoms in total. The largest absolute Gasteiger partial charge is 1.00 e. The minimum Gasteiger partial charge on any atom is -1.00 e. The average molecular weight is 491 g/mol. The first-order valence-corrected chi connectivity index (χ1v) is 12.5. The molecule has 0 heterocycles. The molecular weight excluding hydrogens is 463 g/mol. The van der Waals surface area contributed by atoms with Crippen LogP contribution in [-0.4, -0.2) is 13.3 Å². The van der Waals surface area contributed by atoms with Gasteiger partial charge in [-0.2, -0.15) is 0 Å². The van der Waals surface area contributed by atoms with Crippen LogP contribution < -0.4 is 37.6 Å². The van der Waals surface area contributed by atoms with Crippen LogP contribution in [0, 0.1) is 0 Å². The second kappa shape index (κ2) is 11.3. The number of methoxy groups -OCH3 is 1. The standard InChI is InChI=1S/C28H28OP.BrH/c1-29-25-21-19-24(20-22-25)12-11-23-30(26-13-5-2-6-14-26,27-15-7-3-8-16-27)28-17-9-4-10-18-28;/h2-10,13-22H,11-12,23H2,1H3;1H/q+1;/p-1. The molecule has 0 radical (unpaired) electrons. The van der Waals surface area contributed by atoms with Crippen molar-refractivity contribution in [1.82, 2.24) is 0 Å². The highest BCUT2D eigenvalue weighted by molar-refractivity contribution is 7.95. The summed E-state index contributed by atoms with van der Waals surface area (Å²) in [4.78, 5) is 0. The summed E-state index contributed by atoms with van der Waals surface area (Å²) in [6, 6.07) is 41.8. The number of hydrogen-bond acceptors (Lipinski definition) is 1. The average Bonchev–Trinajstić information content (AvgIpc) is 2.84. The Morgan fingerprint density at radius 3 is 1.39 bits per heavy atom. The molecule has 0 aliphatic heterocycles. The van der Waals surface area contributed by atoms with E-state index in [1.165, 1.54) is 21.5 Å². The smallest absolute Gasteiger partial charge is 0.118 e. The van der Waals surface area contributed by atoms with Crippen LogP contribution in [0.1, 0.15) is 12.0 Å². The highest BCUT2D eigenvalue weighted by atomic mass is 79.9. The minimum absolute atomic E-state index is 0. The SMILES string of the molecule is COc1ccc(CCC[P+](c2ccccc2)(c2ccccc2)c2ccccc2)cc1.[Br-]. The first-order valence-electron chi connectivity index (χ1n) is 10.5. The molecule has 0 aromatic heterocycles. The topological polar surface area (TPSA) is 9.23 Å². The fraction of sp³-hybridized carbons (Fsp3) is 0.143. The molecule has 0 saturated carbocycles. The molecule has 4 aromatic carbocycles. The number of rotatable bonds is 8. The van der Waals surface area contributed by atoms with Crippen LogP contribution in [0.25, 0.3) is 0 Å². The summed E-state index contributed by atoms with van der Waals surface area (Å²) < 4.78 is 5.31. The molecule has 31 heavy (non-hydrogen) atoms. The first-order chi connectivity index (χ1) is 14.8. The van der Waals surface area contributed by atoms with Crippen molar-refractivity contribution >= 4 is 23.2 Å². The van der Waals surface area contributed by atoms with Crippen molar-refractivity contribution in [3.8, 4) is 5.75 Å². The quantitative estimate of drug-likeness (QED) is 0.345. The molecule has 0 aliphatic rings. The molecule has 0 saturated heterocycles. The van der Waals surface area contributed by atoms with Crippen molar-refractivity contribution in [2.75, 3.05) is 13.3 Å². The summed E-state index contributed by atoms with van der Waals surface area (Å²) in [5.74, 6) is 0.915. The van der Waals surface area contributed by atoms with Gasteiger partial charge in [-0.3, -0.25) is 0 Å². The zero-order valence-corrected chi connectivity index (χ0v) is 20.3. The molecule has 0 aliphatic carbocycles. The van der Waals surface area contributed by atoms with E-state index in [4.69, 9.17) is 4.74 Å². The Kier molecular flexibility index (Phi) is 8.46. The Morgan fingerprint density at radius 1 is 0.581 bits per heavy atom. The lowest BCUT2D eigenvalue weighted by Gasteiger charge is -2.27. The summed E-state index contributed by atoms with van der Waals surface area (Å²) in [7, 11) is -0.0145. The highest BCUT2D eigenvalue weighted by Gasteiger charge is 2.44. The molecule has 4 rings (SSSR count). The number of hydrogen-bond donors (Lipinski definition) is 0. The second-order valence-corrected chi connectivity index (χ2v) is 11.1. The van der Waals surface area contributed by atoms with Crippen molar-refractivity contribution in [2.24, 2.45) is 0 Å². The third-order valence-electron chi connectivity index (χ3n) is 5.71. The van der Waals surface area contributed by atoms with Gasteiger partial charge in [-0.15, -0.1) is 0 Å². The molecule has 3 heteroatoms. The van der Waals surface area contributed by atoms with Crippen molar-refractivity contribution in [3.05, 3.63) is 121 Å². The summed E-state index contributed by atoms with van der Waals surface area (Å²) >= 11 is 0. The molecule has 0 fully saturated rings. The highest BCUT2D eigenvalue weighted by Crippen LogP contribution is 2.55. The van der Waals surface area contributed by atoms with E-state index < -0.39 is 7.26 Å². The van der Waals surface area contributed by atoms with E-state index in [1.807, 2.05) is 0 Å². The maximum atomic E-state index is 5.31. The van der Waals surface area contributed by atoms with E-state index in [0.717, 1.165) is 24.8 Å². The summed E-state index contributed by atoms with van der Waals surface area (Å²) in [6.45, 7) is 0. The minimum atomic E-state index is -1.73. The maximum Gasteiger partial charge on any atom is 0.118 e. The third kappa shape index (κ3) is 5.26. The Labute approximate surface area is 197 Å². The van der Waals surface area contributed by atoms with E-state index in [-0.39, 0.29) is 17.0 Å². The number of halogens is 1. The van der Waals surface area contributed by atoms with Crippen molar-refractivity contribution in [2.45, 2.75) is 12.8 Å². The molecule has 0 amide bonds. The van der Waals surface area contributed by atoms with Crippen LogP contribution in [0.4, 0.5) is 0 Å². The molecule has 0 unspecified atom stereocenters. The van der Waals surface area contributed by atoms with E-state index in [0.29, 0.717) is 0 Å². The predicted octanol–water partition coefficient (Wildman–Crippen LogP) is 2.63. The second-order valence-electron chi connectivity index (χ2n) is 7.49. The van der Waals surface area contributed by atoms with Crippen LogP contribution in [0.2, 0.25) is 0 Å². The van der Waals surface area contributed by atoms with Crippen LogP contribution >= 0.6 is 7.26 Å². The van der Waals surface area contributed by atoms with E-state index >= 15 is 0 Å². The molecular formula is C28H28BrOP. The van der Waals surface area contributed by atoms with Crippen molar-refractivity contribution in [3.63, 3.8) is 0 Å². The number of ether oxygens (including phenoxy) is 1. The van der Waals surface area contributed by atoms with Gasteiger partial charge in [0.1, 0.15) is 28.9 Å². The number of aryl methyl sites for hydroxylation is 1. The third-order valence-corrected chi connectivity index (χ3v) is 10.2. The molecule has 0 spiro atoms. The van der Waals surface area contributed by atoms with E-state index in [9.17, 15) is 0 Å². The van der Waals surface area contributed by atoms with Gasteiger partial charge in [0.05, 0.1) is 13.3 Å². The first kappa shape index (κ1) is 23.3. The Hall–Kier alpha value is -2.41. The van der Waals surface area contributed by atoms with Gasteiger partial charge in [0.2, 0.25) is 0 Å². The van der Waals surface area contributed by atoms with E-state index in [1.54, 1.807) is 7.11 Å². The summed E-state index contributed by atoms with van der Waals surface area (Å²) in [6.07, 6.45) is 3.36. The normalized spacial score (nSPS) is 10.9. The molecule has 158 valence electrons. The molecule has 0 bridgehead atoms. The van der Waals surface area contributed by atoms with Gasteiger partial charge in [-0.1, -0.05) is 66.7 Å². The molecule has 0 atom stereocenters. The van der Waals surface area contributed by atoms with Gasteiger partial charge >= 0.3 is 0 Å². The maximum absolute atomic E-state index is 5.31. The fourth-order valence-corrected chi connectivity index (χ4v) is 8.54.